The molecule has 0 amide bonds. The van der Waals surface area contributed by atoms with E-state index in [1.807, 2.05) is 34.6 Å². The lowest BCUT2D eigenvalue weighted by molar-refractivity contribution is 0.00578. The van der Waals surface area contributed by atoms with Crippen LogP contribution < -0.4 is 10.2 Å². The lowest BCUT2D eigenvalue weighted by Crippen LogP contribution is -2.41. The largest absolute Gasteiger partial charge is 0.494 e. The molecule has 5 nitrogen and oxygen atoms in total. The van der Waals surface area contributed by atoms with Gasteiger partial charge in [-0.2, -0.15) is 0 Å². The van der Waals surface area contributed by atoms with Crippen molar-refractivity contribution in [3.63, 3.8) is 0 Å². The van der Waals surface area contributed by atoms with Crippen LogP contribution in [-0.2, 0) is 9.31 Å². The highest BCUT2D eigenvalue weighted by molar-refractivity contribution is 6.62. The number of ether oxygens (including phenoxy) is 1. The highest BCUT2D eigenvalue weighted by atomic mass is 19.1. The third-order valence-electron chi connectivity index (χ3n) is 4.64. The van der Waals surface area contributed by atoms with Crippen LogP contribution in [0, 0.1) is 5.82 Å². The van der Waals surface area contributed by atoms with Gasteiger partial charge in [0, 0.05) is 5.56 Å². The summed E-state index contributed by atoms with van der Waals surface area (Å²) in [6, 6.07) is 4.60. The highest BCUT2D eigenvalue weighted by Crippen LogP contribution is 2.36. The molecule has 0 unspecified atom stereocenters. The minimum Gasteiger partial charge on any atom is -0.491 e. The molecule has 0 radical (unpaired) electrons. The molecule has 7 heteroatoms. The summed E-state index contributed by atoms with van der Waals surface area (Å²) >= 11 is 0. The van der Waals surface area contributed by atoms with Crippen molar-refractivity contribution in [3.05, 3.63) is 36.4 Å². The molecule has 1 aliphatic heterocycles. The van der Waals surface area contributed by atoms with Crippen LogP contribution >= 0.6 is 0 Å². The Morgan fingerprint density at radius 1 is 1.04 bits per heavy atom. The maximum Gasteiger partial charge on any atom is 0.494 e. The average molecular weight is 344 g/mol. The van der Waals surface area contributed by atoms with Gasteiger partial charge >= 0.3 is 7.12 Å². The topological polar surface area (TPSA) is 53.5 Å². The molecule has 1 aromatic carbocycles. The zero-order valence-corrected chi connectivity index (χ0v) is 15.2. The second-order valence-corrected chi connectivity index (χ2v) is 7.04. The Hall–Kier alpha value is -1.99. The molecule has 25 heavy (non-hydrogen) atoms. The SMILES string of the molecule is CCOc1cnc(-c2cc(F)cc(B3OC(C)(C)C(C)(C)O3)c2)nc1. The molecule has 0 N–H and O–H groups in total. The van der Waals surface area contributed by atoms with E-state index in [0.717, 1.165) is 0 Å². The Labute approximate surface area is 147 Å². The number of nitrogens with zero attached hydrogens (tertiary/aromatic N) is 2. The Balaban J connectivity index is 1.91. The van der Waals surface area contributed by atoms with Gasteiger partial charge in [-0.3, -0.25) is 0 Å². The standard InChI is InChI=1S/C18H22BFN2O3/c1-6-23-15-10-21-16(22-11-15)12-7-13(9-14(20)8-12)19-24-17(2,3)18(4,5)25-19/h7-11H,6H2,1-5H3. The predicted octanol–water partition coefficient (Wildman–Crippen LogP) is 2.98. The molecule has 0 saturated carbocycles. The van der Waals surface area contributed by atoms with Crippen LogP contribution in [0.1, 0.15) is 34.6 Å². The second-order valence-electron chi connectivity index (χ2n) is 7.04. The lowest BCUT2D eigenvalue weighted by Gasteiger charge is -2.32. The summed E-state index contributed by atoms with van der Waals surface area (Å²) in [5.74, 6) is 0.606. The fraction of sp³-hybridized carbons (Fsp3) is 0.444. The molecule has 0 atom stereocenters. The number of hydrogen-bond acceptors (Lipinski definition) is 5. The van der Waals surface area contributed by atoms with Crippen LogP contribution in [0.5, 0.6) is 5.75 Å². The van der Waals surface area contributed by atoms with Gasteiger partial charge in [-0.05, 0) is 52.2 Å². The third-order valence-corrected chi connectivity index (χ3v) is 4.64. The minimum atomic E-state index is -0.637. The van der Waals surface area contributed by atoms with Crippen LogP contribution in [0.4, 0.5) is 4.39 Å². The number of rotatable bonds is 4. The zero-order chi connectivity index (χ0) is 18.2. The van der Waals surface area contributed by atoms with Crippen molar-refractivity contribution in [1.82, 2.24) is 9.97 Å². The molecule has 2 heterocycles. The van der Waals surface area contributed by atoms with Crippen molar-refractivity contribution >= 4 is 12.6 Å². The van der Waals surface area contributed by atoms with Gasteiger partial charge in [0.15, 0.2) is 11.6 Å². The van der Waals surface area contributed by atoms with Crippen molar-refractivity contribution in [2.24, 2.45) is 0 Å². The van der Waals surface area contributed by atoms with Crippen LogP contribution in [0.25, 0.3) is 11.4 Å². The van der Waals surface area contributed by atoms with Crippen LogP contribution in [0.2, 0.25) is 0 Å². The first kappa shape index (κ1) is 17.8. The number of benzene rings is 1. The van der Waals surface area contributed by atoms with Gasteiger partial charge in [-0.1, -0.05) is 6.07 Å². The molecule has 1 aliphatic rings. The van der Waals surface area contributed by atoms with E-state index in [1.165, 1.54) is 12.1 Å². The lowest BCUT2D eigenvalue weighted by atomic mass is 9.78. The molecular formula is C18H22BFN2O3. The molecule has 2 aromatic rings. The molecular weight excluding hydrogens is 322 g/mol. The number of hydrogen-bond donors (Lipinski definition) is 0. The summed E-state index contributed by atoms with van der Waals surface area (Å²) in [6.07, 6.45) is 3.15. The van der Waals surface area contributed by atoms with Crippen molar-refractivity contribution in [3.8, 4) is 17.1 Å². The highest BCUT2D eigenvalue weighted by Gasteiger charge is 2.51. The van der Waals surface area contributed by atoms with Crippen LogP contribution in [0.15, 0.2) is 30.6 Å². The third kappa shape index (κ3) is 3.53. The van der Waals surface area contributed by atoms with E-state index >= 15 is 0 Å². The first-order valence-corrected chi connectivity index (χ1v) is 8.33. The predicted molar refractivity (Wildman–Crippen MR) is 94.3 cm³/mol. The average Bonchev–Trinajstić information content (AvgIpc) is 2.76. The molecule has 0 aliphatic carbocycles. The zero-order valence-electron chi connectivity index (χ0n) is 15.2. The van der Waals surface area contributed by atoms with Crippen molar-refractivity contribution in [2.45, 2.75) is 45.8 Å². The maximum atomic E-state index is 14.2. The summed E-state index contributed by atoms with van der Waals surface area (Å²) in [5, 5.41) is 0. The van der Waals surface area contributed by atoms with E-state index in [1.54, 1.807) is 18.5 Å². The molecule has 1 saturated heterocycles. The first-order valence-electron chi connectivity index (χ1n) is 8.33. The first-order chi connectivity index (χ1) is 11.7. The van der Waals surface area contributed by atoms with E-state index in [4.69, 9.17) is 14.0 Å². The van der Waals surface area contributed by atoms with E-state index < -0.39 is 18.3 Å². The number of halogens is 1. The molecule has 1 fully saturated rings. The van der Waals surface area contributed by atoms with Gasteiger partial charge in [0.1, 0.15) is 5.82 Å². The van der Waals surface area contributed by atoms with Crippen LogP contribution in [0.3, 0.4) is 0 Å². The summed E-state index contributed by atoms with van der Waals surface area (Å²) in [7, 11) is -0.637. The normalized spacial score (nSPS) is 18.4. The van der Waals surface area contributed by atoms with Gasteiger partial charge < -0.3 is 14.0 Å². The van der Waals surface area contributed by atoms with Crippen LogP contribution in [-0.4, -0.2) is 34.9 Å². The van der Waals surface area contributed by atoms with Gasteiger partial charge in [0.25, 0.3) is 0 Å². The summed E-state index contributed by atoms with van der Waals surface area (Å²) < 4.78 is 31.5. The van der Waals surface area contributed by atoms with Gasteiger partial charge in [-0.15, -0.1) is 0 Å². The van der Waals surface area contributed by atoms with E-state index in [2.05, 4.69) is 9.97 Å². The summed E-state index contributed by atoms with van der Waals surface area (Å²) in [6.45, 7) is 10.3. The fourth-order valence-corrected chi connectivity index (χ4v) is 2.56. The molecule has 0 spiro atoms. The maximum absolute atomic E-state index is 14.2. The van der Waals surface area contributed by atoms with E-state index in [9.17, 15) is 4.39 Å². The van der Waals surface area contributed by atoms with Crippen molar-refractivity contribution in [1.29, 1.82) is 0 Å². The molecule has 3 rings (SSSR count). The summed E-state index contributed by atoms with van der Waals surface area (Å²) in [5.41, 5.74) is 0.193. The summed E-state index contributed by atoms with van der Waals surface area (Å²) in [4.78, 5) is 8.50. The molecule has 0 bridgehead atoms. The van der Waals surface area contributed by atoms with Gasteiger partial charge in [0.05, 0.1) is 30.2 Å². The monoisotopic (exact) mass is 344 g/mol. The Morgan fingerprint density at radius 2 is 1.64 bits per heavy atom. The minimum absolute atomic E-state index is 0.389. The van der Waals surface area contributed by atoms with Crippen molar-refractivity contribution in [2.75, 3.05) is 6.61 Å². The van der Waals surface area contributed by atoms with Gasteiger partial charge in [-0.25, -0.2) is 14.4 Å². The van der Waals surface area contributed by atoms with E-state index in [0.29, 0.717) is 29.2 Å². The Bertz CT molecular complexity index is 749. The molecule has 132 valence electrons. The quantitative estimate of drug-likeness (QED) is 0.798. The van der Waals surface area contributed by atoms with E-state index in [-0.39, 0.29) is 5.82 Å². The fourth-order valence-electron chi connectivity index (χ4n) is 2.56. The smallest absolute Gasteiger partial charge is 0.491 e. The number of aromatic nitrogens is 2. The Kier molecular flexibility index (Phi) is 4.55. The molecule has 1 aromatic heterocycles. The van der Waals surface area contributed by atoms with Gasteiger partial charge in [0.2, 0.25) is 0 Å². The Morgan fingerprint density at radius 3 is 2.20 bits per heavy atom. The second kappa shape index (κ2) is 6.39. The van der Waals surface area contributed by atoms with Crippen molar-refractivity contribution < 1.29 is 18.4 Å².